The second-order valence-corrected chi connectivity index (χ2v) is 5.08. The van der Waals surface area contributed by atoms with Crippen LogP contribution in [0.1, 0.15) is 12.1 Å². The van der Waals surface area contributed by atoms with Gasteiger partial charge in [-0.15, -0.1) is 0 Å². The van der Waals surface area contributed by atoms with Crippen LogP contribution in [0.15, 0.2) is 24.4 Å². The van der Waals surface area contributed by atoms with Crippen molar-refractivity contribution in [2.75, 3.05) is 40.3 Å². The lowest BCUT2D eigenvalue weighted by Gasteiger charge is -2.20. The van der Waals surface area contributed by atoms with Gasteiger partial charge in [0.25, 0.3) is 0 Å². The molecule has 0 saturated carbocycles. The number of likely N-dealkylation sites (N-methyl/N-ethyl adjacent to an activating group) is 1. The first-order valence-corrected chi connectivity index (χ1v) is 6.62. The maximum Gasteiger partial charge on any atom is 0.0888 e. The van der Waals surface area contributed by atoms with Crippen molar-refractivity contribution in [3.05, 3.63) is 30.1 Å². The second kappa shape index (κ2) is 6.83. The standard InChI is InChI=1S/C14H23N3O/c1-16(2)14-6-8-17(11-14)9-10-18-12-13-5-3-4-7-15-13/h3-5,7,14H,6,8-12H2,1-2H3. The molecule has 4 nitrogen and oxygen atoms in total. The molecule has 0 N–H and O–H groups in total. The van der Waals surface area contributed by atoms with E-state index in [1.54, 1.807) is 6.20 Å². The summed E-state index contributed by atoms with van der Waals surface area (Å²) in [5, 5.41) is 0. The topological polar surface area (TPSA) is 28.6 Å². The third-order valence-corrected chi connectivity index (χ3v) is 3.51. The number of rotatable bonds is 6. The molecule has 0 aromatic carbocycles. The third-order valence-electron chi connectivity index (χ3n) is 3.51. The van der Waals surface area contributed by atoms with E-state index in [0.29, 0.717) is 12.6 Å². The second-order valence-electron chi connectivity index (χ2n) is 5.08. The Morgan fingerprint density at radius 1 is 1.44 bits per heavy atom. The van der Waals surface area contributed by atoms with Crippen LogP contribution >= 0.6 is 0 Å². The van der Waals surface area contributed by atoms with Gasteiger partial charge in [0.15, 0.2) is 0 Å². The molecule has 0 radical (unpaired) electrons. The van der Waals surface area contributed by atoms with Gasteiger partial charge in [0.1, 0.15) is 0 Å². The Morgan fingerprint density at radius 2 is 2.33 bits per heavy atom. The molecule has 0 amide bonds. The predicted octanol–water partition coefficient (Wildman–Crippen LogP) is 1.23. The van der Waals surface area contributed by atoms with Crippen molar-refractivity contribution in [2.45, 2.75) is 19.1 Å². The van der Waals surface area contributed by atoms with Gasteiger partial charge >= 0.3 is 0 Å². The van der Waals surface area contributed by atoms with Gasteiger partial charge < -0.3 is 9.64 Å². The minimum absolute atomic E-state index is 0.617. The normalized spacial score (nSPS) is 20.7. The highest BCUT2D eigenvalue weighted by Gasteiger charge is 2.23. The molecule has 2 heterocycles. The molecule has 100 valence electrons. The molecular formula is C14H23N3O. The lowest BCUT2D eigenvalue weighted by molar-refractivity contribution is 0.0953. The summed E-state index contributed by atoms with van der Waals surface area (Å²) in [7, 11) is 4.32. The Bertz CT molecular complexity index is 342. The highest BCUT2D eigenvalue weighted by atomic mass is 16.5. The van der Waals surface area contributed by atoms with Crippen molar-refractivity contribution in [1.29, 1.82) is 0 Å². The number of hydrogen-bond acceptors (Lipinski definition) is 4. The maximum atomic E-state index is 5.66. The summed E-state index contributed by atoms with van der Waals surface area (Å²) < 4.78 is 5.66. The Balaban J connectivity index is 1.59. The molecule has 0 aliphatic carbocycles. The zero-order chi connectivity index (χ0) is 12.8. The summed E-state index contributed by atoms with van der Waals surface area (Å²) >= 11 is 0. The molecule has 4 heteroatoms. The van der Waals surface area contributed by atoms with Crippen LogP contribution in [0.3, 0.4) is 0 Å². The molecule has 1 aliphatic heterocycles. The largest absolute Gasteiger partial charge is 0.374 e. The summed E-state index contributed by atoms with van der Waals surface area (Å²) in [6, 6.07) is 6.63. The van der Waals surface area contributed by atoms with E-state index in [-0.39, 0.29) is 0 Å². The van der Waals surface area contributed by atoms with Crippen LogP contribution in [0.25, 0.3) is 0 Å². The lowest BCUT2D eigenvalue weighted by Crippen LogP contribution is -2.32. The maximum absolute atomic E-state index is 5.66. The molecule has 1 aromatic rings. The van der Waals surface area contributed by atoms with Gasteiger partial charge in [-0.25, -0.2) is 0 Å². The summed E-state index contributed by atoms with van der Waals surface area (Å²) in [5.41, 5.74) is 1.00. The van der Waals surface area contributed by atoms with Gasteiger partial charge in [-0.2, -0.15) is 0 Å². The summed E-state index contributed by atoms with van der Waals surface area (Å²) in [6.45, 7) is 4.79. The van der Waals surface area contributed by atoms with Crippen molar-refractivity contribution in [1.82, 2.24) is 14.8 Å². The summed E-state index contributed by atoms with van der Waals surface area (Å²) in [4.78, 5) is 9.03. The van der Waals surface area contributed by atoms with Gasteiger partial charge in [0.2, 0.25) is 0 Å². The number of nitrogens with zero attached hydrogens (tertiary/aromatic N) is 3. The fraction of sp³-hybridized carbons (Fsp3) is 0.643. The highest BCUT2D eigenvalue weighted by Crippen LogP contribution is 2.12. The Morgan fingerprint density at radius 3 is 3.00 bits per heavy atom. The van der Waals surface area contributed by atoms with Crippen LogP contribution < -0.4 is 0 Å². The first-order valence-electron chi connectivity index (χ1n) is 6.62. The molecule has 1 aromatic heterocycles. The Kier molecular flexibility index (Phi) is 5.11. The molecule has 1 unspecified atom stereocenters. The molecule has 0 spiro atoms. The molecule has 1 atom stereocenters. The number of likely N-dealkylation sites (tertiary alicyclic amines) is 1. The van der Waals surface area contributed by atoms with Crippen molar-refractivity contribution in [3.8, 4) is 0 Å². The van der Waals surface area contributed by atoms with Crippen LogP contribution in [0.4, 0.5) is 0 Å². The number of ether oxygens (including phenoxy) is 1. The van der Waals surface area contributed by atoms with Crippen molar-refractivity contribution in [3.63, 3.8) is 0 Å². The molecule has 2 rings (SSSR count). The fourth-order valence-corrected chi connectivity index (χ4v) is 2.29. The average molecular weight is 249 g/mol. The predicted molar refractivity (Wildman–Crippen MR) is 72.4 cm³/mol. The van der Waals surface area contributed by atoms with E-state index in [1.807, 2.05) is 18.2 Å². The quantitative estimate of drug-likeness (QED) is 0.709. The van der Waals surface area contributed by atoms with Crippen molar-refractivity contribution in [2.24, 2.45) is 0 Å². The van der Waals surface area contributed by atoms with Gasteiger partial charge in [0.05, 0.1) is 18.9 Å². The molecule has 1 aliphatic rings. The fourth-order valence-electron chi connectivity index (χ4n) is 2.29. The van der Waals surface area contributed by atoms with E-state index >= 15 is 0 Å². The molecule has 0 bridgehead atoms. The summed E-state index contributed by atoms with van der Waals surface area (Å²) in [6.07, 6.45) is 3.08. The van der Waals surface area contributed by atoms with E-state index in [0.717, 1.165) is 18.8 Å². The minimum Gasteiger partial charge on any atom is -0.374 e. The molecule has 18 heavy (non-hydrogen) atoms. The molecular weight excluding hydrogens is 226 g/mol. The van der Waals surface area contributed by atoms with Crippen LogP contribution in [0, 0.1) is 0 Å². The number of aromatic nitrogens is 1. The Hall–Kier alpha value is -0.970. The van der Waals surface area contributed by atoms with E-state index in [9.17, 15) is 0 Å². The van der Waals surface area contributed by atoms with E-state index in [1.165, 1.54) is 19.5 Å². The zero-order valence-electron chi connectivity index (χ0n) is 11.4. The third kappa shape index (κ3) is 4.05. The Labute approximate surface area is 110 Å². The van der Waals surface area contributed by atoms with Gasteiger partial charge in [-0.3, -0.25) is 9.88 Å². The number of pyridine rings is 1. The van der Waals surface area contributed by atoms with Gasteiger partial charge in [-0.1, -0.05) is 6.07 Å². The van der Waals surface area contributed by atoms with Crippen molar-refractivity contribution < 1.29 is 4.74 Å². The minimum atomic E-state index is 0.617. The first kappa shape index (κ1) is 13.5. The van der Waals surface area contributed by atoms with Gasteiger partial charge in [0, 0.05) is 25.3 Å². The van der Waals surface area contributed by atoms with Crippen molar-refractivity contribution >= 4 is 0 Å². The van der Waals surface area contributed by atoms with Crippen LogP contribution in [0.2, 0.25) is 0 Å². The van der Waals surface area contributed by atoms with Crippen LogP contribution in [0.5, 0.6) is 0 Å². The van der Waals surface area contributed by atoms with Gasteiger partial charge in [-0.05, 0) is 39.2 Å². The molecule has 1 saturated heterocycles. The van der Waals surface area contributed by atoms with Crippen LogP contribution in [-0.2, 0) is 11.3 Å². The summed E-state index contributed by atoms with van der Waals surface area (Å²) in [5.74, 6) is 0. The lowest BCUT2D eigenvalue weighted by atomic mass is 10.2. The molecule has 1 fully saturated rings. The van der Waals surface area contributed by atoms with E-state index in [2.05, 4.69) is 28.9 Å². The monoisotopic (exact) mass is 249 g/mol. The average Bonchev–Trinajstić information content (AvgIpc) is 2.85. The zero-order valence-corrected chi connectivity index (χ0v) is 11.4. The SMILES string of the molecule is CN(C)C1CCN(CCOCc2ccccn2)C1. The van der Waals surface area contributed by atoms with E-state index < -0.39 is 0 Å². The van der Waals surface area contributed by atoms with E-state index in [4.69, 9.17) is 4.74 Å². The number of hydrogen-bond donors (Lipinski definition) is 0. The first-order chi connectivity index (χ1) is 8.75. The smallest absolute Gasteiger partial charge is 0.0888 e. The highest BCUT2D eigenvalue weighted by molar-refractivity contribution is 5.01. The van der Waals surface area contributed by atoms with Crippen LogP contribution in [-0.4, -0.2) is 61.2 Å².